The van der Waals surface area contributed by atoms with E-state index in [-0.39, 0.29) is 0 Å². The molecule has 0 aliphatic heterocycles. The van der Waals surface area contributed by atoms with Crippen LogP contribution in [0.5, 0.6) is 0 Å². The molecule has 142 valence electrons. The maximum Gasteiger partial charge on any atom is 0.417 e. The number of ketones is 2. The number of rotatable bonds is 8. The molecule has 0 radical (unpaired) electrons. The molecule has 0 bridgehead atoms. The third kappa shape index (κ3) is 7.61. The van der Waals surface area contributed by atoms with Gasteiger partial charge < -0.3 is 9.47 Å². The van der Waals surface area contributed by atoms with E-state index in [1.807, 2.05) is 36.4 Å². The van der Waals surface area contributed by atoms with Gasteiger partial charge in [0.05, 0.1) is 0 Å². The van der Waals surface area contributed by atoms with Gasteiger partial charge in [-0.25, -0.2) is 9.59 Å². The summed E-state index contributed by atoms with van der Waals surface area (Å²) in [5, 5.41) is 0. The summed E-state index contributed by atoms with van der Waals surface area (Å²) < 4.78 is 9.14. The summed E-state index contributed by atoms with van der Waals surface area (Å²) in [7, 11) is 0. The fourth-order valence-corrected chi connectivity index (χ4v) is 1.99. The number of esters is 2. The maximum atomic E-state index is 11.7. The molecule has 0 aliphatic rings. The number of carbonyl (C=O) groups is 4. The van der Waals surface area contributed by atoms with Crippen LogP contribution < -0.4 is 0 Å². The summed E-state index contributed by atoms with van der Waals surface area (Å²) in [5.41, 5.74) is 1.62. The van der Waals surface area contributed by atoms with Crippen molar-refractivity contribution in [3.63, 3.8) is 0 Å². The summed E-state index contributed by atoms with van der Waals surface area (Å²) in [4.78, 5) is 46.3. The highest BCUT2D eigenvalue weighted by atomic mass is 16.6. The van der Waals surface area contributed by atoms with Gasteiger partial charge >= 0.3 is 11.9 Å². The molecule has 2 aromatic rings. The van der Waals surface area contributed by atoms with Crippen LogP contribution in [0, 0.1) is 0 Å². The predicted molar refractivity (Wildman–Crippen MR) is 103 cm³/mol. The number of carbonyl (C=O) groups excluding carboxylic acids is 4. The monoisotopic (exact) mass is 378 g/mol. The molecule has 0 saturated carbocycles. The zero-order valence-electron chi connectivity index (χ0n) is 14.9. The Balaban J connectivity index is 1.70. The molecule has 6 nitrogen and oxygen atoms in total. The van der Waals surface area contributed by atoms with Crippen LogP contribution in [0.3, 0.4) is 0 Å². The maximum absolute atomic E-state index is 11.7. The summed E-state index contributed by atoms with van der Waals surface area (Å²) in [6, 6.07) is 18.2. The van der Waals surface area contributed by atoms with E-state index in [1.54, 1.807) is 36.4 Å². The van der Waals surface area contributed by atoms with Crippen molar-refractivity contribution >= 4 is 35.7 Å². The Hall–Kier alpha value is -3.80. The van der Waals surface area contributed by atoms with Crippen molar-refractivity contribution in [1.29, 1.82) is 0 Å². The van der Waals surface area contributed by atoms with Crippen LogP contribution in [0.15, 0.2) is 72.8 Å². The fraction of sp³-hybridized carbons (Fsp3) is 0.0909. The van der Waals surface area contributed by atoms with Crippen molar-refractivity contribution in [3.05, 3.63) is 83.9 Å². The zero-order chi connectivity index (χ0) is 20.2. The Morgan fingerprint density at radius 1 is 0.607 bits per heavy atom. The van der Waals surface area contributed by atoms with E-state index in [0.717, 1.165) is 11.1 Å². The minimum absolute atomic E-state index is 0.494. The Bertz CT molecular complexity index is 806. The summed E-state index contributed by atoms with van der Waals surface area (Å²) in [6.45, 7) is -1.20. The van der Waals surface area contributed by atoms with Crippen LogP contribution in [0.1, 0.15) is 11.1 Å². The third-order valence-corrected chi connectivity index (χ3v) is 3.38. The highest BCUT2D eigenvalue weighted by molar-refractivity contribution is 6.30. The van der Waals surface area contributed by atoms with Crippen LogP contribution in [0.2, 0.25) is 0 Å². The molecule has 0 atom stereocenters. The number of ether oxygens (including phenoxy) is 2. The second-order valence-electron chi connectivity index (χ2n) is 5.57. The van der Waals surface area contributed by atoms with Crippen molar-refractivity contribution in [3.8, 4) is 0 Å². The van der Waals surface area contributed by atoms with Crippen LogP contribution in [-0.4, -0.2) is 36.7 Å². The van der Waals surface area contributed by atoms with E-state index < -0.39 is 36.7 Å². The van der Waals surface area contributed by atoms with Gasteiger partial charge in [0.2, 0.25) is 0 Å². The molecule has 0 aromatic heterocycles. The normalized spacial score (nSPS) is 10.7. The Kier molecular flexibility index (Phi) is 8.08. The van der Waals surface area contributed by atoms with Gasteiger partial charge in [0, 0.05) is 0 Å². The van der Waals surface area contributed by atoms with E-state index in [0.29, 0.717) is 0 Å². The van der Waals surface area contributed by atoms with Crippen molar-refractivity contribution < 1.29 is 28.7 Å². The van der Waals surface area contributed by atoms with E-state index in [9.17, 15) is 19.2 Å². The largest absolute Gasteiger partial charge is 0.449 e. The van der Waals surface area contributed by atoms with E-state index in [2.05, 4.69) is 9.47 Å². The topological polar surface area (TPSA) is 86.7 Å². The molecule has 0 heterocycles. The average Bonchev–Trinajstić information content (AvgIpc) is 2.74. The van der Waals surface area contributed by atoms with Crippen LogP contribution in [0.4, 0.5) is 0 Å². The first-order valence-electron chi connectivity index (χ1n) is 8.40. The molecule has 0 saturated heterocycles. The molecular weight excluding hydrogens is 360 g/mol. The fourth-order valence-electron chi connectivity index (χ4n) is 1.99. The first-order valence-corrected chi connectivity index (χ1v) is 8.40. The van der Waals surface area contributed by atoms with Gasteiger partial charge in [-0.2, -0.15) is 0 Å². The Labute approximate surface area is 162 Å². The molecule has 2 rings (SSSR count). The van der Waals surface area contributed by atoms with Crippen molar-refractivity contribution in [2.75, 3.05) is 13.2 Å². The van der Waals surface area contributed by atoms with E-state index >= 15 is 0 Å². The Morgan fingerprint density at radius 3 is 1.32 bits per heavy atom. The molecule has 0 spiro atoms. The molecule has 6 heteroatoms. The molecule has 28 heavy (non-hydrogen) atoms. The van der Waals surface area contributed by atoms with Crippen LogP contribution >= 0.6 is 0 Å². The third-order valence-electron chi connectivity index (χ3n) is 3.38. The van der Waals surface area contributed by atoms with Gasteiger partial charge in [0.15, 0.2) is 24.8 Å². The van der Waals surface area contributed by atoms with Crippen LogP contribution in [-0.2, 0) is 28.7 Å². The van der Waals surface area contributed by atoms with Crippen molar-refractivity contribution in [2.24, 2.45) is 0 Å². The van der Waals surface area contributed by atoms with Gasteiger partial charge in [-0.15, -0.1) is 0 Å². The lowest BCUT2D eigenvalue weighted by Gasteiger charge is -2.02. The molecule has 2 aromatic carbocycles. The first-order chi connectivity index (χ1) is 13.5. The van der Waals surface area contributed by atoms with Gasteiger partial charge in [-0.3, -0.25) is 9.59 Å². The van der Waals surface area contributed by atoms with Crippen molar-refractivity contribution in [1.82, 2.24) is 0 Å². The zero-order valence-corrected chi connectivity index (χ0v) is 14.9. The van der Waals surface area contributed by atoms with E-state index in [1.165, 1.54) is 12.2 Å². The molecule has 0 aliphatic carbocycles. The quantitative estimate of drug-likeness (QED) is 0.399. The minimum atomic E-state index is -1.33. The van der Waals surface area contributed by atoms with Gasteiger partial charge in [-0.05, 0) is 23.3 Å². The lowest BCUT2D eigenvalue weighted by Crippen LogP contribution is -2.24. The smallest absolute Gasteiger partial charge is 0.417 e. The molecule has 0 N–H and O–H groups in total. The summed E-state index contributed by atoms with van der Waals surface area (Å²) in [6.07, 6.45) is 5.61. The van der Waals surface area contributed by atoms with E-state index in [4.69, 9.17) is 0 Å². The SMILES string of the molecule is O=C(C=Cc1ccccc1)COC(=O)C(=O)OCC(=O)C=Cc1ccccc1. The number of hydrogen-bond acceptors (Lipinski definition) is 6. The second-order valence-corrected chi connectivity index (χ2v) is 5.57. The first kappa shape index (κ1) is 20.5. The minimum Gasteiger partial charge on any atom is -0.449 e. The van der Waals surface area contributed by atoms with Crippen LogP contribution in [0.25, 0.3) is 12.2 Å². The highest BCUT2D eigenvalue weighted by Gasteiger charge is 2.19. The molecule has 0 fully saturated rings. The standard InChI is InChI=1S/C22H18O6/c23-19(13-11-17-7-3-1-4-8-17)15-27-21(25)22(26)28-16-20(24)14-12-18-9-5-2-6-10-18/h1-14H,15-16H2. The Morgan fingerprint density at radius 2 is 0.964 bits per heavy atom. The number of hydrogen-bond donors (Lipinski definition) is 0. The second kappa shape index (κ2) is 11.0. The molecular formula is C22H18O6. The van der Waals surface area contributed by atoms with Gasteiger partial charge in [0.25, 0.3) is 0 Å². The molecule has 0 amide bonds. The van der Waals surface area contributed by atoms with Gasteiger partial charge in [-0.1, -0.05) is 72.8 Å². The lowest BCUT2D eigenvalue weighted by molar-refractivity contribution is -0.168. The van der Waals surface area contributed by atoms with Gasteiger partial charge in [0.1, 0.15) is 0 Å². The molecule has 0 unspecified atom stereocenters. The average molecular weight is 378 g/mol. The highest BCUT2D eigenvalue weighted by Crippen LogP contribution is 2.02. The van der Waals surface area contributed by atoms with Crippen molar-refractivity contribution in [2.45, 2.75) is 0 Å². The summed E-state index contributed by atoms with van der Waals surface area (Å²) >= 11 is 0. The number of benzene rings is 2. The predicted octanol–water partition coefficient (Wildman–Crippen LogP) is 2.64. The summed E-state index contributed by atoms with van der Waals surface area (Å²) in [5.74, 6) is -3.65. The lowest BCUT2D eigenvalue weighted by atomic mass is 10.2.